The van der Waals surface area contributed by atoms with Crippen LogP contribution in [0.4, 0.5) is 0 Å². The summed E-state index contributed by atoms with van der Waals surface area (Å²) in [5.41, 5.74) is -0.671. The number of unbranched alkanes of at least 4 members (excludes halogenated alkanes) is 1. The molecule has 0 atom stereocenters. The van der Waals surface area contributed by atoms with E-state index in [1.54, 1.807) is 0 Å². The minimum atomic E-state index is -0.760. The first-order chi connectivity index (χ1) is 9.71. The zero-order chi connectivity index (χ0) is 14.7. The third-order valence-corrected chi connectivity index (χ3v) is 3.26. The summed E-state index contributed by atoms with van der Waals surface area (Å²) in [5.74, 6) is -0.760. The predicted octanol–water partition coefficient (Wildman–Crippen LogP) is 1.04. The summed E-state index contributed by atoms with van der Waals surface area (Å²) in [6.45, 7) is 6.28. The second kappa shape index (κ2) is 10.1. The highest BCUT2D eigenvalue weighted by Gasteiger charge is 2.49. The van der Waals surface area contributed by atoms with Crippen molar-refractivity contribution >= 4 is 5.97 Å². The van der Waals surface area contributed by atoms with E-state index in [9.17, 15) is 4.79 Å². The van der Waals surface area contributed by atoms with E-state index in [0.29, 0.717) is 52.4 Å². The van der Waals surface area contributed by atoms with E-state index in [2.05, 4.69) is 12.2 Å². The molecule has 0 radical (unpaired) electrons. The Balaban J connectivity index is 1.76. The Kier molecular flexibility index (Phi) is 8.77. The molecule has 1 aliphatic rings. The first-order valence-electron chi connectivity index (χ1n) is 7.43. The Labute approximate surface area is 120 Å². The lowest BCUT2D eigenvalue weighted by atomic mass is 10.3. The van der Waals surface area contributed by atoms with Gasteiger partial charge in [0.2, 0.25) is 0 Å². The van der Waals surface area contributed by atoms with Crippen LogP contribution in [0.3, 0.4) is 0 Å². The van der Waals surface area contributed by atoms with E-state index in [0.717, 1.165) is 19.4 Å². The second-order valence-corrected chi connectivity index (χ2v) is 5.00. The number of hydrogen-bond acceptors (Lipinski definition) is 5. The molecule has 0 heterocycles. The Bertz CT molecular complexity index is 268. The van der Waals surface area contributed by atoms with Crippen molar-refractivity contribution in [3.8, 4) is 0 Å². The normalized spacial score (nSPS) is 16.2. The SMILES string of the molecule is CCCCOCCOCCOCCNC1(C(=O)O)CC1. The molecule has 6 nitrogen and oxygen atoms in total. The van der Waals surface area contributed by atoms with E-state index in [1.807, 2.05) is 0 Å². The maximum atomic E-state index is 10.9. The maximum absolute atomic E-state index is 10.9. The first kappa shape index (κ1) is 17.4. The van der Waals surface area contributed by atoms with E-state index in [-0.39, 0.29) is 0 Å². The van der Waals surface area contributed by atoms with E-state index >= 15 is 0 Å². The fourth-order valence-electron chi connectivity index (χ4n) is 1.74. The molecule has 0 spiro atoms. The van der Waals surface area contributed by atoms with Gasteiger partial charge in [0.15, 0.2) is 0 Å². The molecular weight excluding hydrogens is 262 g/mol. The summed E-state index contributed by atoms with van der Waals surface area (Å²) in [6, 6.07) is 0. The predicted molar refractivity (Wildman–Crippen MR) is 75.0 cm³/mol. The van der Waals surface area contributed by atoms with Gasteiger partial charge < -0.3 is 19.3 Å². The van der Waals surface area contributed by atoms with E-state index < -0.39 is 11.5 Å². The van der Waals surface area contributed by atoms with Gasteiger partial charge >= 0.3 is 5.97 Å². The Morgan fingerprint density at radius 1 is 1.05 bits per heavy atom. The van der Waals surface area contributed by atoms with Gasteiger partial charge in [-0.15, -0.1) is 0 Å². The van der Waals surface area contributed by atoms with Crippen LogP contribution in [-0.2, 0) is 19.0 Å². The van der Waals surface area contributed by atoms with Crippen molar-refractivity contribution in [1.29, 1.82) is 0 Å². The number of hydrogen-bond donors (Lipinski definition) is 2. The standard InChI is InChI=1S/C14H27NO5/c1-2-3-7-18-9-11-20-12-10-19-8-6-15-14(4-5-14)13(16)17/h15H,2-12H2,1H3,(H,16,17). The molecule has 0 amide bonds. The lowest BCUT2D eigenvalue weighted by molar-refractivity contribution is -0.140. The van der Waals surface area contributed by atoms with Crippen molar-refractivity contribution < 1.29 is 24.1 Å². The molecule has 2 N–H and O–H groups in total. The van der Waals surface area contributed by atoms with Gasteiger partial charge in [0.1, 0.15) is 5.54 Å². The monoisotopic (exact) mass is 289 g/mol. The van der Waals surface area contributed by atoms with Crippen molar-refractivity contribution in [1.82, 2.24) is 5.32 Å². The van der Waals surface area contributed by atoms with Gasteiger partial charge in [-0.05, 0) is 19.3 Å². The summed E-state index contributed by atoms with van der Waals surface area (Å²) in [6.07, 6.45) is 3.66. The fraction of sp³-hybridized carbons (Fsp3) is 0.929. The smallest absolute Gasteiger partial charge is 0.323 e. The molecular formula is C14H27NO5. The van der Waals surface area contributed by atoms with E-state index in [1.165, 1.54) is 0 Å². The van der Waals surface area contributed by atoms with Gasteiger partial charge in [0, 0.05) is 13.2 Å². The quantitative estimate of drug-likeness (QED) is 0.465. The Morgan fingerprint density at radius 2 is 1.60 bits per heavy atom. The fourth-order valence-corrected chi connectivity index (χ4v) is 1.74. The van der Waals surface area contributed by atoms with Crippen LogP contribution in [0.2, 0.25) is 0 Å². The van der Waals surface area contributed by atoms with Gasteiger partial charge in [-0.25, -0.2) is 0 Å². The molecule has 0 bridgehead atoms. The summed E-state index contributed by atoms with van der Waals surface area (Å²) in [7, 11) is 0. The molecule has 0 saturated heterocycles. The van der Waals surface area contributed by atoms with Crippen molar-refractivity contribution in [2.75, 3.05) is 46.2 Å². The van der Waals surface area contributed by atoms with Gasteiger partial charge in [0.25, 0.3) is 0 Å². The largest absolute Gasteiger partial charge is 0.480 e. The van der Waals surface area contributed by atoms with Crippen LogP contribution in [0.15, 0.2) is 0 Å². The first-order valence-corrected chi connectivity index (χ1v) is 7.43. The van der Waals surface area contributed by atoms with E-state index in [4.69, 9.17) is 19.3 Å². The van der Waals surface area contributed by atoms with Crippen molar-refractivity contribution in [3.05, 3.63) is 0 Å². The third kappa shape index (κ3) is 7.19. The molecule has 0 aromatic carbocycles. The molecule has 6 heteroatoms. The molecule has 1 saturated carbocycles. The average molecular weight is 289 g/mol. The number of carboxylic acid groups (broad SMARTS) is 1. The summed E-state index contributed by atoms with van der Waals surface area (Å²) in [4.78, 5) is 10.9. The lowest BCUT2D eigenvalue weighted by Crippen LogP contribution is -2.40. The highest BCUT2D eigenvalue weighted by molar-refractivity contribution is 5.82. The molecule has 1 rings (SSSR count). The van der Waals surface area contributed by atoms with Crippen LogP contribution in [0.25, 0.3) is 0 Å². The highest BCUT2D eigenvalue weighted by Crippen LogP contribution is 2.35. The van der Waals surface area contributed by atoms with Crippen LogP contribution in [-0.4, -0.2) is 62.8 Å². The minimum Gasteiger partial charge on any atom is -0.480 e. The Morgan fingerprint density at radius 3 is 2.10 bits per heavy atom. The second-order valence-electron chi connectivity index (χ2n) is 5.00. The number of aliphatic carboxylic acids is 1. The zero-order valence-corrected chi connectivity index (χ0v) is 12.4. The molecule has 0 aromatic heterocycles. The van der Waals surface area contributed by atoms with Crippen LogP contribution >= 0.6 is 0 Å². The van der Waals surface area contributed by atoms with Crippen LogP contribution in [0.1, 0.15) is 32.6 Å². The van der Waals surface area contributed by atoms with Crippen LogP contribution < -0.4 is 5.32 Å². The minimum absolute atomic E-state index is 0.505. The molecule has 20 heavy (non-hydrogen) atoms. The lowest BCUT2D eigenvalue weighted by Gasteiger charge is -2.12. The molecule has 0 aliphatic heterocycles. The number of carboxylic acids is 1. The van der Waals surface area contributed by atoms with Gasteiger partial charge in [0.05, 0.1) is 33.0 Å². The number of nitrogens with one attached hydrogen (secondary N) is 1. The number of carbonyl (C=O) groups is 1. The molecule has 0 unspecified atom stereocenters. The summed E-state index contributed by atoms with van der Waals surface area (Å²) < 4.78 is 16.1. The van der Waals surface area contributed by atoms with Crippen molar-refractivity contribution in [2.24, 2.45) is 0 Å². The number of rotatable bonds is 14. The third-order valence-electron chi connectivity index (χ3n) is 3.26. The van der Waals surface area contributed by atoms with Crippen molar-refractivity contribution in [3.63, 3.8) is 0 Å². The van der Waals surface area contributed by atoms with Crippen LogP contribution in [0, 0.1) is 0 Å². The topological polar surface area (TPSA) is 77.0 Å². The van der Waals surface area contributed by atoms with Crippen LogP contribution in [0.5, 0.6) is 0 Å². The van der Waals surface area contributed by atoms with Gasteiger partial charge in [-0.2, -0.15) is 0 Å². The molecule has 0 aromatic rings. The molecule has 1 aliphatic carbocycles. The van der Waals surface area contributed by atoms with Gasteiger partial charge in [-0.1, -0.05) is 13.3 Å². The molecule has 118 valence electrons. The van der Waals surface area contributed by atoms with Gasteiger partial charge in [-0.3, -0.25) is 10.1 Å². The molecule has 1 fully saturated rings. The number of ether oxygens (including phenoxy) is 3. The highest BCUT2D eigenvalue weighted by atomic mass is 16.5. The van der Waals surface area contributed by atoms with Crippen molar-refractivity contribution in [2.45, 2.75) is 38.1 Å². The Hall–Kier alpha value is -0.690. The summed E-state index contributed by atoms with van der Waals surface area (Å²) in [5, 5.41) is 12.0. The maximum Gasteiger partial charge on any atom is 0.323 e. The zero-order valence-electron chi connectivity index (χ0n) is 12.4. The summed E-state index contributed by atoms with van der Waals surface area (Å²) >= 11 is 0. The average Bonchev–Trinajstić information content (AvgIpc) is 3.21.